The molecular weight excluding hydrogens is 442 g/mol. The zero-order chi connectivity index (χ0) is 23.2. The highest BCUT2D eigenvalue weighted by atomic mass is 32.2. The molecule has 0 radical (unpaired) electrons. The highest BCUT2D eigenvalue weighted by molar-refractivity contribution is 7.92. The number of sulfonamides is 1. The second-order valence-corrected chi connectivity index (χ2v) is 9.03. The number of fused-ring (bicyclic) bond motifs is 1. The van der Waals surface area contributed by atoms with Crippen molar-refractivity contribution in [1.29, 1.82) is 0 Å². The Labute approximate surface area is 182 Å². The van der Waals surface area contributed by atoms with Gasteiger partial charge in [-0.05, 0) is 43.2 Å². The summed E-state index contributed by atoms with van der Waals surface area (Å²) in [7, 11) is -4.17. The predicted molar refractivity (Wildman–Crippen MR) is 113 cm³/mol. The summed E-state index contributed by atoms with van der Waals surface area (Å²) < 4.78 is 56.0. The number of halogens is 2. The van der Waals surface area contributed by atoms with Gasteiger partial charge in [0.05, 0.1) is 16.3 Å². The predicted octanol–water partition coefficient (Wildman–Crippen LogP) is 3.62. The van der Waals surface area contributed by atoms with Gasteiger partial charge in [0.15, 0.2) is 11.6 Å². The molecule has 4 rings (SSSR count). The monoisotopic (exact) mass is 460 g/mol. The number of nitrogens with one attached hydrogen (secondary N) is 2. The first-order valence-electron chi connectivity index (χ1n) is 9.58. The SMILES string of the molecule is Cc1ccc(-c2c(C)nn3c2NC(=O)CCC3=O)cc1S(=O)(=O)Nc1ccc(F)c(F)c1. The van der Waals surface area contributed by atoms with Crippen LogP contribution < -0.4 is 10.0 Å². The summed E-state index contributed by atoms with van der Waals surface area (Å²) in [6.45, 7) is 3.23. The smallest absolute Gasteiger partial charge is 0.262 e. The van der Waals surface area contributed by atoms with Crippen LogP contribution in [-0.2, 0) is 14.8 Å². The van der Waals surface area contributed by atoms with Crippen LogP contribution in [0.5, 0.6) is 0 Å². The topological polar surface area (TPSA) is 110 Å². The van der Waals surface area contributed by atoms with Gasteiger partial charge in [-0.3, -0.25) is 14.3 Å². The molecular formula is C21H18F2N4O4S. The van der Waals surface area contributed by atoms with Gasteiger partial charge in [-0.25, -0.2) is 17.2 Å². The van der Waals surface area contributed by atoms with Crippen LogP contribution in [0.1, 0.15) is 28.9 Å². The Balaban J connectivity index is 1.80. The fraction of sp³-hybridized carbons (Fsp3) is 0.190. The number of anilines is 2. The lowest BCUT2D eigenvalue weighted by atomic mass is 10.0. The van der Waals surface area contributed by atoms with E-state index in [9.17, 15) is 26.8 Å². The first-order valence-corrected chi connectivity index (χ1v) is 11.1. The van der Waals surface area contributed by atoms with Gasteiger partial charge >= 0.3 is 0 Å². The number of aromatic nitrogens is 2. The van der Waals surface area contributed by atoms with Gasteiger partial charge in [-0.15, -0.1) is 0 Å². The van der Waals surface area contributed by atoms with Gasteiger partial charge in [0.25, 0.3) is 10.0 Å². The van der Waals surface area contributed by atoms with Crippen LogP contribution in [0.3, 0.4) is 0 Å². The first-order chi connectivity index (χ1) is 15.1. The number of benzene rings is 2. The zero-order valence-electron chi connectivity index (χ0n) is 17.1. The Hall–Kier alpha value is -3.60. The molecule has 2 aromatic carbocycles. The fourth-order valence-corrected chi connectivity index (χ4v) is 4.83. The number of carbonyl (C=O) groups excluding carboxylic acids is 2. The van der Waals surface area contributed by atoms with E-state index < -0.39 is 21.7 Å². The summed E-state index contributed by atoms with van der Waals surface area (Å²) in [4.78, 5) is 24.3. The fourth-order valence-electron chi connectivity index (χ4n) is 3.50. The summed E-state index contributed by atoms with van der Waals surface area (Å²) in [6, 6.07) is 7.27. The van der Waals surface area contributed by atoms with E-state index in [1.807, 2.05) is 0 Å². The van der Waals surface area contributed by atoms with Crippen molar-refractivity contribution in [2.24, 2.45) is 0 Å². The molecule has 0 unspecified atom stereocenters. The Bertz CT molecular complexity index is 1380. The van der Waals surface area contributed by atoms with Crippen LogP contribution >= 0.6 is 0 Å². The number of carbonyl (C=O) groups is 2. The summed E-state index contributed by atoms with van der Waals surface area (Å²) in [5.41, 5.74) is 1.52. The molecule has 2 heterocycles. The summed E-state index contributed by atoms with van der Waals surface area (Å²) in [5.74, 6) is -2.81. The van der Waals surface area contributed by atoms with Gasteiger partial charge in [0.1, 0.15) is 5.82 Å². The molecule has 0 saturated carbocycles. The standard InChI is InChI=1S/C21H18F2N4O4S/c1-11-3-4-13(20-12(2)25-27-19(29)8-7-18(28)24-21(20)27)9-17(11)32(30,31)26-14-5-6-15(22)16(23)10-14/h3-6,9-10,26H,7-8H2,1-2H3,(H,24,28). The van der Waals surface area contributed by atoms with E-state index in [1.54, 1.807) is 26.0 Å². The van der Waals surface area contributed by atoms with E-state index in [0.29, 0.717) is 22.4 Å². The highest BCUT2D eigenvalue weighted by Crippen LogP contribution is 2.35. The quantitative estimate of drug-likeness (QED) is 0.618. The Morgan fingerprint density at radius 3 is 2.50 bits per heavy atom. The number of aryl methyl sites for hydroxylation is 2. The Morgan fingerprint density at radius 1 is 1.03 bits per heavy atom. The number of hydrogen-bond acceptors (Lipinski definition) is 5. The molecule has 2 N–H and O–H groups in total. The van der Waals surface area contributed by atoms with Gasteiger partial charge in [-0.2, -0.15) is 9.78 Å². The van der Waals surface area contributed by atoms with Crippen molar-refractivity contribution in [2.75, 3.05) is 10.0 Å². The summed E-state index contributed by atoms with van der Waals surface area (Å²) >= 11 is 0. The zero-order valence-corrected chi connectivity index (χ0v) is 17.9. The van der Waals surface area contributed by atoms with E-state index >= 15 is 0 Å². The number of amides is 1. The van der Waals surface area contributed by atoms with Gasteiger partial charge in [-0.1, -0.05) is 12.1 Å². The molecule has 1 amide bonds. The summed E-state index contributed by atoms with van der Waals surface area (Å²) in [6.07, 6.45) is 0.0252. The molecule has 1 aromatic heterocycles. The number of hydrogen-bond donors (Lipinski definition) is 2. The molecule has 0 aliphatic carbocycles. The lowest BCUT2D eigenvalue weighted by molar-refractivity contribution is -0.116. The second-order valence-electron chi connectivity index (χ2n) is 7.38. The molecule has 0 spiro atoms. The summed E-state index contributed by atoms with van der Waals surface area (Å²) in [5, 5.41) is 6.88. The maximum absolute atomic E-state index is 13.5. The minimum absolute atomic E-state index is 0.00503. The van der Waals surface area contributed by atoms with E-state index in [-0.39, 0.29) is 41.1 Å². The number of nitrogens with zero attached hydrogens (tertiary/aromatic N) is 2. The van der Waals surface area contributed by atoms with Crippen LogP contribution in [-0.4, -0.2) is 30.0 Å². The molecule has 32 heavy (non-hydrogen) atoms. The Morgan fingerprint density at radius 2 is 1.78 bits per heavy atom. The van der Waals surface area contributed by atoms with Crippen LogP contribution in [0, 0.1) is 25.5 Å². The van der Waals surface area contributed by atoms with Crippen molar-refractivity contribution in [2.45, 2.75) is 31.6 Å². The highest BCUT2D eigenvalue weighted by Gasteiger charge is 2.27. The normalized spacial score (nSPS) is 14.0. The molecule has 0 atom stereocenters. The van der Waals surface area contributed by atoms with Crippen molar-refractivity contribution in [1.82, 2.24) is 9.78 Å². The molecule has 1 aliphatic rings. The third kappa shape index (κ3) is 3.86. The molecule has 0 saturated heterocycles. The maximum atomic E-state index is 13.5. The third-order valence-electron chi connectivity index (χ3n) is 5.06. The van der Waals surface area contributed by atoms with Gasteiger partial charge in [0.2, 0.25) is 11.8 Å². The van der Waals surface area contributed by atoms with E-state index in [1.165, 1.54) is 6.07 Å². The molecule has 0 fully saturated rings. The second kappa shape index (κ2) is 7.83. The van der Waals surface area contributed by atoms with Crippen molar-refractivity contribution in [3.63, 3.8) is 0 Å². The first kappa shape index (κ1) is 21.6. The lowest BCUT2D eigenvalue weighted by Gasteiger charge is -2.13. The molecule has 3 aromatic rings. The van der Waals surface area contributed by atoms with E-state index in [4.69, 9.17) is 0 Å². The Kier molecular flexibility index (Phi) is 5.29. The minimum atomic E-state index is -4.17. The molecule has 11 heteroatoms. The van der Waals surface area contributed by atoms with Crippen molar-refractivity contribution in [3.05, 3.63) is 59.3 Å². The van der Waals surface area contributed by atoms with E-state index in [2.05, 4.69) is 15.1 Å². The molecule has 166 valence electrons. The van der Waals surface area contributed by atoms with Crippen LogP contribution in [0.2, 0.25) is 0 Å². The average molecular weight is 460 g/mol. The van der Waals surface area contributed by atoms with Gasteiger partial charge in [0, 0.05) is 24.5 Å². The van der Waals surface area contributed by atoms with Crippen LogP contribution in [0.4, 0.5) is 20.3 Å². The molecule has 8 nitrogen and oxygen atoms in total. The maximum Gasteiger partial charge on any atom is 0.262 e. The lowest BCUT2D eigenvalue weighted by Crippen LogP contribution is -2.15. The third-order valence-corrected chi connectivity index (χ3v) is 6.58. The van der Waals surface area contributed by atoms with Gasteiger partial charge < -0.3 is 5.32 Å². The minimum Gasteiger partial charge on any atom is -0.310 e. The number of rotatable bonds is 4. The van der Waals surface area contributed by atoms with Crippen molar-refractivity contribution < 1.29 is 26.8 Å². The van der Waals surface area contributed by atoms with Crippen LogP contribution in [0.25, 0.3) is 11.1 Å². The van der Waals surface area contributed by atoms with E-state index in [0.717, 1.165) is 22.9 Å². The average Bonchev–Trinajstić information content (AvgIpc) is 2.97. The molecule has 0 bridgehead atoms. The molecule has 1 aliphatic heterocycles. The van der Waals surface area contributed by atoms with Crippen molar-refractivity contribution in [3.8, 4) is 11.1 Å². The van der Waals surface area contributed by atoms with Crippen LogP contribution in [0.15, 0.2) is 41.3 Å². The largest absolute Gasteiger partial charge is 0.310 e. The van der Waals surface area contributed by atoms with Crippen molar-refractivity contribution >= 4 is 33.3 Å².